The van der Waals surface area contributed by atoms with Crippen molar-refractivity contribution >= 4 is 16.9 Å². The van der Waals surface area contributed by atoms with Gasteiger partial charge in [-0.05, 0) is 6.92 Å². The number of nitrogens with zero attached hydrogens (tertiary/aromatic N) is 6. The summed E-state index contributed by atoms with van der Waals surface area (Å²) in [5, 5.41) is 8.70. The molecule has 0 aliphatic heterocycles. The molecule has 7 nitrogen and oxygen atoms in total. The van der Waals surface area contributed by atoms with Gasteiger partial charge in [-0.25, -0.2) is 9.97 Å². The number of anilines is 1. The molecule has 0 radical (unpaired) electrons. The molecule has 0 spiro atoms. The molecule has 23 heavy (non-hydrogen) atoms. The van der Waals surface area contributed by atoms with Crippen LogP contribution in [0.15, 0.2) is 24.8 Å². The SMILES string of the molecule is CC(C)c1nc(N[C@H](C)Cc2cnccn2)c2cnn(C)c2n1. The van der Waals surface area contributed by atoms with Gasteiger partial charge in [-0.2, -0.15) is 5.10 Å². The van der Waals surface area contributed by atoms with Crippen molar-refractivity contribution in [2.24, 2.45) is 7.05 Å². The fourth-order valence-electron chi connectivity index (χ4n) is 2.44. The minimum Gasteiger partial charge on any atom is -0.367 e. The average molecular weight is 311 g/mol. The summed E-state index contributed by atoms with van der Waals surface area (Å²) in [5.41, 5.74) is 1.80. The van der Waals surface area contributed by atoms with Crippen LogP contribution in [0.1, 0.15) is 38.2 Å². The zero-order valence-corrected chi connectivity index (χ0v) is 13.9. The first-order valence-corrected chi connectivity index (χ1v) is 7.75. The highest BCUT2D eigenvalue weighted by molar-refractivity contribution is 5.86. The van der Waals surface area contributed by atoms with Crippen LogP contribution in [0.4, 0.5) is 5.82 Å². The van der Waals surface area contributed by atoms with Crippen molar-refractivity contribution in [3.8, 4) is 0 Å². The maximum Gasteiger partial charge on any atom is 0.163 e. The molecule has 120 valence electrons. The van der Waals surface area contributed by atoms with Gasteiger partial charge in [0.15, 0.2) is 5.65 Å². The second kappa shape index (κ2) is 6.28. The van der Waals surface area contributed by atoms with Crippen molar-refractivity contribution in [3.05, 3.63) is 36.3 Å². The van der Waals surface area contributed by atoms with Gasteiger partial charge in [0, 0.05) is 44.0 Å². The zero-order valence-electron chi connectivity index (χ0n) is 13.9. The van der Waals surface area contributed by atoms with E-state index in [1.54, 1.807) is 29.5 Å². The largest absolute Gasteiger partial charge is 0.367 e. The quantitative estimate of drug-likeness (QED) is 0.779. The van der Waals surface area contributed by atoms with Crippen molar-refractivity contribution in [2.75, 3.05) is 5.32 Å². The van der Waals surface area contributed by atoms with E-state index in [4.69, 9.17) is 0 Å². The summed E-state index contributed by atoms with van der Waals surface area (Å²) in [5.74, 6) is 1.89. The standard InChI is InChI=1S/C16H21N7/c1-10(2)14-21-15(13-9-19-23(4)16(13)22-14)20-11(3)7-12-8-17-5-6-18-12/h5-6,8-11H,7H2,1-4H3,(H,20,21,22)/t11-/m1/s1. The van der Waals surface area contributed by atoms with E-state index in [0.29, 0.717) is 0 Å². The number of fused-ring (bicyclic) bond motifs is 1. The summed E-state index contributed by atoms with van der Waals surface area (Å²) >= 11 is 0. The predicted molar refractivity (Wildman–Crippen MR) is 89.2 cm³/mol. The minimum atomic E-state index is 0.171. The molecule has 3 aromatic heterocycles. The molecule has 0 saturated heterocycles. The second-order valence-electron chi connectivity index (χ2n) is 6.04. The first-order valence-electron chi connectivity index (χ1n) is 7.75. The lowest BCUT2D eigenvalue weighted by atomic mass is 10.1. The molecule has 0 aliphatic carbocycles. The summed E-state index contributed by atoms with van der Waals surface area (Å²) in [7, 11) is 1.90. The Morgan fingerprint density at radius 2 is 1.96 bits per heavy atom. The molecule has 3 heterocycles. The summed E-state index contributed by atoms with van der Waals surface area (Å²) in [6, 6.07) is 0.171. The van der Waals surface area contributed by atoms with Gasteiger partial charge in [-0.15, -0.1) is 0 Å². The van der Waals surface area contributed by atoms with Crippen LogP contribution in [0.5, 0.6) is 0 Å². The third-order valence-electron chi connectivity index (χ3n) is 3.64. The van der Waals surface area contributed by atoms with Crippen molar-refractivity contribution in [1.29, 1.82) is 0 Å². The summed E-state index contributed by atoms with van der Waals surface area (Å²) < 4.78 is 1.78. The number of rotatable bonds is 5. The van der Waals surface area contributed by atoms with Crippen LogP contribution >= 0.6 is 0 Å². The zero-order chi connectivity index (χ0) is 16.4. The van der Waals surface area contributed by atoms with Crippen LogP contribution < -0.4 is 5.32 Å². The smallest absolute Gasteiger partial charge is 0.163 e. The molecule has 0 aromatic carbocycles. The Morgan fingerprint density at radius 3 is 2.65 bits per heavy atom. The first kappa shape index (κ1) is 15.3. The van der Waals surface area contributed by atoms with Crippen LogP contribution in [0.2, 0.25) is 0 Å². The monoisotopic (exact) mass is 311 g/mol. The maximum atomic E-state index is 4.68. The highest BCUT2D eigenvalue weighted by Gasteiger charge is 2.15. The molecule has 1 N–H and O–H groups in total. The van der Waals surface area contributed by atoms with Crippen molar-refractivity contribution < 1.29 is 0 Å². The number of hydrogen-bond acceptors (Lipinski definition) is 6. The fourth-order valence-corrected chi connectivity index (χ4v) is 2.44. The molecule has 0 fully saturated rings. The van der Waals surface area contributed by atoms with Crippen LogP contribution in [0, 0.1) is 0 Å². The summed E-state index contributed by atoms with van der Waals surface area (Å²) in [4.78, 5) is 17.7. The van der Waals surface area contributed by atoms with Crippen molar-refractivity contribution in [1.82, 2.24) is 29.7 Å². The van der Waals surface area contributed by atoms with Crippen LogP contribution in [-0.4, -0.2) is 35.8 Å². The predicted octanol–water partition coefficient (Wildman–Crippen LogP) is 2.32. The van der Waals surface area contributed by atoms with E-state index in [-0.39, 0.29) is 12.0 Å². The average Bonchev–Trinajstić information content (AvgIpc) is 2.90. The van der Waals surface area contributed by atoms with E-state index in [0.717, 1.165) is 34.8 Å². The van der Waals surface area contributed by atoms with Gasteiger partial charge in [-0.3, -0.25) is 14.6 Å². The Morgan fingerprint density at radius 1 is 1.13 bits per heavy atom. The molecule has 0 aliphatic rings. The van der Waals surface area contributed by atoms with E-state index in [1.165, 1.54) is 0 Å². The van der Waals surface area contributed by atoms with E-state index in [9.17, 15) is 0 Å². The normalized spacial score (nSPS) is 12.7. The third-order valence-corrected chi connectivity index (χ3v) is 3.64. The molecule has 3 aromatic rings. The molecular formula is C16H21N7. The van der Waals surface area contributed by atoms with Gasteiger partial charge in [0.1, 0.15) is 11.6 Å². The Bertz CT molecular complexity index is 795. The topological polar surface area (TPSA) is 81.4 Å². The highest BCUT2D eigenvalue weighted by atomic mass is 15.3. The van der Waals surface area contributed by atoms with Crippen LogP contribution in [0.3, 0.4) is 0 Å². The van der Waals surface area contributed by atoms with Gasteiger partial charge < -0.3 is 5.32 Å². The molecule has 1 atom stereocenters. The molecular weight excluding hydrogens is 290 g/mol. The molecule has 0 saturated carbocycles. The van der Waals surface area contributed by atoms with Gasteiger partial charge in [0.05, 0.1) is 17.3 Å². The molecule has 7 heteroatoms. The van der Waals surface area contributed by atoms with Gasteiger partial charge >= 0.3 is 0 Å². The third kappa shape index (κ3) is 3.28. The molecule has 0 amide bonds. The Labute approximate surface area is 135 Å². The number of aromatic nitrogens is 6. The summed E-state index contributed by atoms with van der Waals surface area (Å²) in [6.45, 7) is 6.28. The van der Waals surface area contributed by atoms with E-state index >= 15 is 0 Å². The van der Waals surface area contributed by atoms with Gasteiger partial charge in [0.2, 0.25) is 0 Å². The van der Waals surface area contributed by atoms with Gasteiger partial charge in [0.25, 0.3) is 0 Å². The van der Waals surface area contributed by atoms with E-state index < -0.39 is 0 Å². The highest BCUT2D eigenvalue weighted by Crippen LogP contribution is 2.23. The Hall–Kier alpha value is -2.57. The summed E-state index contributed by atoms with van der Waals surface area (Å²) in [6.07, 6.45) is 7.76. The van der Waals surface area contributed by atoms with Crippen LogP contribution in [0.25, 0.3) is 11.0 Å². The van der Waals surface area contributed by atoms with Crippen molar-refractivity contribution in [3.63, 3.8) is 0 Å². The van der Waals surface area contributed by atoms with Gasteiger partial charge in [-0.1, -0.05) is 13.8 Å². The fraction of sp³-hybridized carbons (Fsp3) is 0.438. The molecule has 0 bridgehead atoms. The van der Waals surface area contributed by atoms with E-state index in [1.807, 2.05) is 7.05 Å². The minimum absolute atomic E-state index is 0.171. The van der Waals surface area contributed by atoms with E-state index in [2.05, 4.69) is 51.1 Å². The first-order chi connectivity index (χ1) is 11.0. The lowest BCUT2D eigenvalue weighted by Gasteiger charge is -2.16. The number of aryl methyl sites for hydroxylation is 1. The van der Waals surface area contributed by atoms with Crippen LogP contribution in [-0.2, 0) is 13.5 Å². The molecule has 0 unspecified atom stereocenters. The second-order valence-corrected chi connectivity index (χ2v) is 6.04. The number of nitrogens with one attached hydrogen (secondary N) is 1. The Kier molecular flexibility index (Phi) is 4.18. The lowest BCUT2D eigenvalue weighted by Crippen LogP contribution is -2.20. The molecule has 3 rings (SSSR count). The van der Waals surface area contributed by atoms with Crippen molar-refractivity contribution in [2.45, 2.75) is 39.2 Å². The lowest BCUT2D eigenvalue weighted by molar-refractivity contribution is 0.738. The maximum absolute atomic E-state index is 4.68. The number of hydrogen-bond donors (Lipinski definition) is 1. The Balaban J connectivity index is 1.89.